The van der Waals surface area contributed by atoms with Crippen molar-refractivity contribution in [3.8, 4) is 6.07 Å². The van der Waals surface area contributed by atoms with Gasteiger partial charge >= 0.3 is 0 Å². The Hall–Kier alpha value is -3.31. The van der Waals surface area contributed by atoms with Crippen molar-refractivity contribution in [2.24, 2.45) is 0 Å². The Balaban J connectivity index is 1.38. The van der Waals surface area contributed by atoms with Crippen molar-refractivity contribution in [2.45, 2.75) is 6.42 Å². The van der Waals surface area contributed by atoms with Crippen molar-refractivity contribution in [1.29, 1.82) is 5.26 Å². The first kappa shape index (κ1) is 19.0. The second-order valence-electron chi connectivity index (χ2n) is 6.99. The van der Waals surface area contributed by atoms with Gasteiger partial charge in [-0.2, -0.15) is 5.26 Å². The minimum absolute atomic E-state index is 0.116. The molecule has 3 heterocycles. The molecule has 0 N–H and O–H groups in total. The first-order chi connectivity index (χ1) is 14.1. The Labute approximate surface area is 166 Å². The van der Waals surface area contributed by atoms with Crippen LogP contribution < -0.4 is 0 Å². The zero-order valence-corrected chi connectivity index (χ0v) is 15.7. The number of nitriles is 1. The van der Waals surface area contributed by atoms with Gasteiger partial charge in [-0.15, -0.1) is 0 Å². The van der Waals surface area contributed by atoms with Crippen LogP contribution in [0.3, 0.4) is 0 Å². The molecule has 1 aliphatic rings. The molecule has 0 bridgehead atoms. The van der Waals surface area contributed by atoms with Crippen molar-refractivity contribution in [2.75, 3.05) is 32.7 Å². The third-order valence-corrected chi connectivity index (χ3v) is 5.25. The molecule has 148 valence electrons. The van der Waals surface area contributed by atoms with Gasteiger partial charge in [-0.05, 0) is 30.2 Å². The van der Waals surface area contributed by atoms with E-state index in [2.05, 4.69) is 16.0 Å². The Bertz CT molecular complexity index is 1100. The molecule has 1 amide bonds. The van der Waals surface area contributed by atoms with Gasteiger partial charge in [-0.1, -0.05) is 6.07 Å². The summed E-state index contributed by atoms with van der Waals surface area (Å²) in [6.07, 6.45) is 3.66. The van der Waals surface area contributed by atoms with Crippen molar-refractivity contribution in [1.82, 2.24) is 19.2 Å². The Morgan fingerprint density at radius 3 is 2.69 bits per heavy atom. The molecule has 0 saturated carbocycles. The van der Waals surface area contributed by atoms with Crippen LogP contribution in [0.2, 0.25) is 0 Å². The number of aromatic nitrogens is 2. The highest BCUT2D eigenvalue weighted by Crippen LogP contribution is 2.16. The van der Waals surface area contributed by atoms with E-state index < -0.39 is 11.6 Å². The number of amides is 1. The monoisotopic (exact) mass is 395 g/mol. The summed E-state index contributed by atoms with van der Waals surface area (Å²) in [4.78, 5) is 21.1. The van der Waals surface area contributed by atoms with Crippen molar-refractivity contribution >= 4 is 11.6 Å². The van der Waals surface area contributed by atoms with Crippen molar-refractivity contribution in [3.63, 3.8) is 0 Å². The second-order valence-corrected chi connectivity index (χ2v) is 6.99. The summed E-state index contributed by atoms with van der Waals surface area (Å²) < 4.78 is 28.4. The number of carbonyl (C=O) groups is 1. The predicted octanol–water partition coefficient (Wildman–Crippen LogP) is 2.48. The lowest BCUT2D eigenvalue weighted by Gasteiger charge is -2.34. The van der Waals surface area contributed by atoms with E-state index in [9.17, 15) is 13.6 Å². The van der Waals surface area contributed by atoms with Gasteiger partial charge < -0.3 is 4.90 Å². The minimum atomic E-state index is -0.576. The average Bonchev–Trinajstić information content (AvgIpc) is 3.16. The average molecular weight is 395 g/mol. The molecule has 1 aromatic carbocycles. The predicted molar refractivity (Wildman–Crippen MR) is 102 cm³/mol. The van der Waals surface area contributed by atoms with Gasteiger partial charge in [0, 0.05) is 45.0 Å². The van der Waals surface area contributed by atoms with Crippen LogP contribution in [0.25, 0.3) is 5.65 Å². The highest BCUT2D eigenvalue weighted by molar-refractivity contribution is 6.00. The normalized spacial score (nSPS) is 14.9. The van der Waals surface area contributed by atoms with Gasteiger partial charge in [-0.3, -0.25) is 14.1 Å². The van der Waals surface area contributed by atoms with E-state index in [4.69, 9.17) is 5.26 Å². The smallest absolute Gasteiger partial charge is 0.257 e. The third-order valence-electron chi connectivity index (χ3n) is 5.25. The molecule has 0 unspecified atom stereocenters. The van der Waals surface area contributed by atoms with Gasteiger partial charge in [0.15, 0.2) is 5.65 Å². The molecule has 0 spiro atoms. The fourth-order valence-electron chi connectivity index (χ4n) is 3.61. The molecule has 29 heavy (non-hydrogen) atoms. The highest BCUT2D eigenvalue weighted by Gasteiger charge is 2.24. The molecule has 2 aromatic heterocycles. The van der Waals surface area contributed by atoms with Crippen LogP contribution in [0.15, 0.2) is 42.7 Å². The summed E-state index contributed by atoms with van der Waals surface area (Å²) in [5.74, 6) is -1.22. The number of imidazole rings is 1. The largest absolute Gasteiger partial charge is 0.336 e. The zero-order chi connectivity index (χ0) is 20.4. The molecular weight excluding hydrogens is 376 g/mol. The molecule has 6 nitrogen and oxygen atoms in total. The summed E-state index contributed by atoms with van der Waals surface area (Å²) in [7, 11) is 0. The van der Waals surface area contributed by atoms with E-state index in [1.54, 1.807) is 27.6 Å². The quantitative estimate of drug-likeness (QED) is 0.681. The van der Waals surface area contributed by atoms with E-state index in [1.165, 1.54) is 18.3 Å². The number of fused-ring (bicyclic) bond motifs is 1. The maximum atomic E-state index is 13.8. The molecule has 0 atom stereocenters. The number of pyridine rings is 1. The first-order valence-electron chi connectivity index (χ1n) is 9.38. The van der Waals surface area contributed by atoms with E-state index >= 15 is 0 Å². The number of halogens is 2. The van der Waals surface area contributed by atoms with Gasteiger partial charge in [-0.25, -0.2) is 13.8 Å². The number of rotatable bonds is 4. The summed E-state index contributed by atoms with van der Waals surface area (Å²) in [5, 5.41) is 9.14. The highest BCUT2D eigenvalue weighted by atomic mass is 19.1. The van der Waals surface area contributed by atoms with Crippen LogP contribution in [0.5, 0.6) is 0 Å². The fourth-order valence-corrected chi connectivity index (χ4v) is 3.61. The Morgan fingerprint density at radius 1 is 1.17 bits per heavy atom. The lowest BCUT2D eigenvalue weighted by molar-refractivity contribution is 0.0639. The molecular formula is C21H19F2N5O. The maximum absolute atomic E-state index is 13.8. The van der Waals surface area contributed by atoms with Crippen LogP contribution in [0.4, 0.5) is 8.78 Å². The van der Waals surface area contributed by atoms with E-state index in [0.717, 1.165) is 6.07 Å². The molecule has 0 aliphatic carbocycles. The Morgan fingerprint density at radius 2 is 1.97 bits per heavy atom. The third kappa shape index (κ3) is 3.82. The van der Waals surface area contributed by atoms with Crippen molar-refractivity contribution in [3.05, 3.63) is 71.2 Å². The van der Waals surface area contributed by atoms with Crippen LogP contribution in [0, 0.1) is 23.0 Å². The molecule has 8 heteroatoms. The van der Waals surface area contributed by atoms with Crippen molar-refractivity contribution < 1.29 is 13.6 Å². The van der Waals surface area contributed by atoms with Crippen LogP contribution in [-0.2, 0) is 6.42 Å². The molecule has 1 aliphatic heterocycles. The number of nitrogens with zero attached hydrogens (tertiary/aromatic N) is 5. The number of hydrogen-bond donors (Lipinski definition) is 0. The standard InChI is InChI=1S/C21H19F2N5O/c22-16-4-3-15(19(23)12-16)5-7-26-8-10-27(11-9-26)21(29)18-2-1-6-28-17(13-24)14-25-20(18)28/h1-4,6,12,14H,5,7-11H2. The fraction of sp³-hybridized carbons (Fsp3) is 0.286. The molecule has 1 saturated heterocycles. The van der Waals surface area contributed by atoms with E-state index in [-0.39, 0.29) is 5.91 Å². The minimum Gasteiger partial charge on any atom is -0.336 e. The Kier molecular flexibility index (Phi) is 5.23. The topological polar surface area (TPSA) is 64.6 Å². The van der Waals surface area contributed by atoms with E-state index in [1.807, 2.05) is 0 Å². The molecule has 1 fully saturated rings. The van der Waals surface area contributed by atoms with Gasteiger partial charge in [0.05, 0.1) is 11.8 Å². The maximum Gasteiger partial charge on any atom is 0.257 e. The second kappa shape index (κ2) is 7.97. The summed E-state index contributed by atoms with van der Waals surface area (Å²) >= 11 is 0. The number of hydrogen-bond acceptors (Lipinski definition) is 4. The summed E-state index contributed by atoms with van der Waals surface area (Å²) in [5.41, 5.74) is 1.82. The number of benzene rings is 1. The van der Waals surface area contributed by atoms with Gasteiger partial charge in [0.1, 0.15) is 23.4 Å². The number of piperazine rings is 1. The van der Waals surface area contributed by atoms with Crippen LogP contribution in [-0.4, -0.2) is 57.8 Å². The summed E-state index contributed by atoms with van der Waals surface area (Å²) in [6, 6.07) is 9.15. The zero-order valence-electron chi connectivity index (χ0n) is 15.7. The van der Waals surface area contributed by atoms with E-state index in [0.29, 0.717) is 61.6 Å². The lowest BCUT2D eigenvalue weighted by atomic mass is 10.1. The summed E-state index contributed by atoms with van der Waals surface area (Å²) in [6.45, 7) is 3.10. The van der Waals surface area contributed by atoms with Crippen LogP contribution >= 0.6 is 0 Å². The van der Waals surface area contributed by atoms with Gasteiger partial charge in [0.2, 0.25) is 0 Å². The molecule has 4 rings (SSSR count). The lowest BCUT2D eigenvalue weighted by Crippen LogP contribution is -2.49. The molecule has 0 radical (unpaired) electrons. The molecule has 3 aromatic rings. The van der Waals surface area contributed by atoms with Gasteiger partial charge in [0.25, 0.3) is 5.91 Å². The van der Waals surface area contributed by atoms with Crippen LogP contribution in [0.1, 0.15) is 21.6 Å². The number of carbonyl (C=O) groups excluding carboxylic acids is 1. The SMILES string of the molecule is N#Cc1cnc2c(C(=O)N3CCN(CCc4ccc(F)cc4F)CC3)cccn12. The first-order valence-corrected chi connectivity index (χ1v) is 9.38.